The van der Waals surface area contributed by atoms with Crippen molar-refractivity contribution in [3.8, 4) is 0 Å². The summed E-state index contributed by atoms with van der Waals surface area (Å²) in [6, 6.07) is 9.17. The predicted molar refractivity (Wildman–Crippen MR) is 117 cm³/mol. The lowest BCUT2D eigenvalue weighted by Gasteiger charge is -2.36. The molecule has 1 unspecified atom stereocenters. The van der Waals surface area contributed by atoms with Gasteiger partial charge in [-0.25, -0.2) is 13.4 Å². The summed E-state index contributed by atoms with van der Waals surface area (Å²) >= 11 is 1.43. The van der Waals surface area contributed by atoms with Crippen LogP contribution < -0.4 is 5.32 Å². The maximum atomic E-state index is 11.4. The van der Waals surface area contributed by atoms with Gasteiger partial charge in [-0.05, 0) is 17.5 Å². The molecule has 27 heavy (non-hydrogen) atoms. The van der Waals surface area contributed by atoms with Crippen LogP contribution in [-0.4, -0.2) is 44.2 Å². The smallest absolute Gasteiger partial charge is 0.153 e. The first kappa shape index (κ1) is 24.3. The first-order valence-corrected chi connectivity index (χ1v) is 11.5. The van der Waals surface area contributed by atoms with Crippen molar-refractivity contribution in [3.05, 3.63) is 51.5 Å². The Hall–Kier alpha value is -0.700. The lowest BCUT2D eigenvalue weighted by Crippen LogP contribution is -2.45. The first-order chi connectivity index (χ1) is 11.9. The zero-order valence-corrected chi connectivity index (χ0v) is 18.8. The number of halogens is 2. The third-order valence-corrected chi connectivity index (χ3v) is 6.36. The van der Waals surface area contributed by atoms with E-state index in [0.29, 0.717) is 11.0 Å². The van der Waals surface area contributed by atoms with Crippen molar-refractivity contribution < 1.29 is 8.42 Å². The number of hydrogen-bond donors (Lipinski definition) is 1. The van der Waals surface area contributed by atoms with Gasteiger partial charge < -0.3 is 5.32 Å². The summed E-state index contributed by atoms with van der Waals surface area (Å²) in [6.45, 7) is 5.76. The molecule has 0 bridgehead atoms. The molecule has 0 saturated carbocycles. The zero-order valence-electron chi connectivity index (χ0n) is 15.6. The van der Waals surface area contributed by atoms with E-state index in [9.17, 15) is 8.42 Å². The fourth-order valence-corrected chi connectivity index (χ4v) is 5.16. The average Bonchev–Trinajstić information content (AvgIpc) is 3.00. The zero-order chi connectivity index (χ0) is 17.9. The van der Waals surface area contributed by atoms with Gasteiger partial charge in [0.05, 0.1) is 5.69 Å². The number of nitrogens with one attached hydrogen (secondary N) is 1. The van der Waals surface area contributed by atoms with Crippen molar-refractivity contribution >= 4 is 46.0 Å². The number of rotatable bonds is 6. The van der Waals surface area contributed by atoms with Gasteiger partial charge in [-0.2, -0.15) is 0 Å². The third kappa shape index (κ3) is 7.00. The van der Waals surface area contributed by atoms with Crippen molar-refractivity contribution in [2.24, 2.45) is 0 Å². The van der Waals surface area contributed by atoms with Crippen LogP contribution in [0.1, 0.15) is 34.8 Å². The Bertz CT molecular complexity index is 810. The van der Waals surface area contributed by atoms with Crippen molar-refractivity contribution in [1.29, 1.82) is 0 Å². The number of hydrogen-bond acceptors (Lipinski definition) is 6. The molecule has 152 valence electrons. The predicted octanol–water partition coefficient (Wildman–Crippen LogP) is 3.24. The molecular weight excluding hydrogens is 425 g/mol. The summed E-state index contributed by atoms with van der Waals surface area (Å²) in [6.07, 6.45) is 2.30. The molecule has 0 amide bonds. The van der Waals surface area contributed by atoms with Crippen molar-refractivity contribution in [1.82, 2.24) is 15.2 Å². The summed E-state index contributed by atoms with van der Waals surface area (Å²) in [5.74, 6) is 0.0289. The number of aryl methyl sites for hydroxylation is 1. The van der Waals surface area contributed by atoms with Gasteiger partial charge in [0.25, 0.3) is 0 Å². The van der Waals surface area contributed by atoms with Gasteiger partial charge in [0.15, 0.2) is 9.84 Å². The summed E-state index contributed by atoms with van der Waals surface area (Å²) in [7, 11) is -3.03. The van der Waals surface area contributed by atoms with E-state index in [1.54, 1.807) is 0 Å². The van der Waals surface area contributed by atoms with Crippen LogP contribution in [-0.2, 0) is 28.6 Å². The second-order valence-corrected chi connectivity index (χ2v) is 9.67. The van der Waals surface area contributed by atoms with Gasteiger partial charge in [0, 0.05) is 43.9 Å². The topological polar surface area (TPSA) is 62.3 Å². The summed E-state index contributed by atoms with van der Waals surface area (Å²) in [4.78, 5) is 6.95. The molecule has 1 aromatic carbocycles. The second-order valence-electron chi connectivity index (χ2n) is 6.59. The van der Waals surface area contributed by atoms with Crippen molar-refractivity contribution in [2.45, 2.75) is 31.7 Å². The van der Waals surface area contributed by atoms with E-state index >= 15 is 0 Å². The Morgan fingerprint density at radius 3 is 2.59 bits per heavy atom. The summed E-state index contributed by atoms with van der Waals surface area (Å²) in [5.41, 5.74) is 3.63. The van der Waals surface area contributed by atoms with Gasteiger partial charge >= 0.3 is 0 Å². The number of aromatic nitrogens is 1. The minimum absolute atomic E-state index is 0. The van der Waals surface area contributed by atoms with Crippen molar-refractivity contribution in [2.75, 3.05) is 25.9 Å². The molecule has 0 aliphatic carbocycles. The molecule has 0 spiro atoms. The largest absolute Gasteiger partial charge is 0.314 e. The Kier molecular flexibility index (Phi) is 9.68. The van der Waals surface area contributed by atoms with Crippen LogP contribution in [0.2, 0.25) is 0 Å². The van der Waals surface area contributed by atoms with Crippen LogP contribution in [0.3, 0.4) is 0 Å². The average molecular weight is 452 g/mol. The number of thiazole rings is 1. The van der Waals surface area contributed by atoms with Gasteiger partial charge in [-0.1, -0.05) is 31.2 Å². The number of nitrogens with zero attached hydrogens (tertiary/aromatic N) is 2. The Balaban J connectivity index is 0.00000182. The lowest BCUT2D eigenvalue weighted by molar-refractivity contribution is 0.152. The highest BCUT2D eigenvalue weighted by molar-refractivity contribution is 7.90. The normalized spacial score (nSPS) is 17.8. The van der Waals surface area contributed by atoms with Gasteiger partial charge in [-0.15, -0.1) is 36.2 Å². The monoisotopic (exact) mass is 451 g/mol. The fraction of sp³-hybridized carbons (Fsp3) is 0.500. The second kappa shape index (κ2) is 10.7. The highest BCUT2D eigenvalue weighted by atomic mass is 35.5. The van der Waals surface area contributed by atoms with Crippen LogP contribution in [0.5, 0.6) is 0 Å². The van der Waals surface area contributed by atoms with E-state index in [4.69, 9.17) is 0 Å². The molecular formula is C18H27Cl2N3O2S2. The van der Waals surface area contributed by atoms with E-state index in [2.05, 4.69) is 46.4 Å². The minimum atomic E-state index is -3.03. The molecule has 1 aliphatic heterocycles. The number of piperazine rings is 1. The molecule has 2 aromatic rings. The molecule has 9 heteroatoms. The van der Waals surface area contributed by atoms with Gasteiger partial charge in [0.2, 0.25) is 0 Å². The fourth-order valence-electron chi connectivity index (χ4n) is 3.16. The molecule has 1 aromatic heterocycles. The molecule has 1 N–H and O–H groups in total. The van der Waals surface area contributed by atoms with Crippen molar-refractivity contribution in [3.63, 3.8) is 0 Å². The summed E-state index contributed by atoms with van der Waals surface area (Å²) < 4.78 is 22.9. The van der Waals surface area contributed by atoms with Crippen LogP contribution in [0, 0.1) is 0 Å². The Morgan fingerprint density at radius 2 is 1.96 bits per heavy atom. The standard InChI is InChI=1S/C18H25N3O2S2.2ClH/c1-3-14-4-6-15(7-5-14)17-10-19-8-9-21(17)11-16-12-24-18(20-16)13-25(2,22)23;;/h4-7,12,17,19H,3,8-11,13H2,1-2H3;2*1H. The highest BCUT2D eigenvalue weighted by Crippen LogP contribution is 2.25. The lowest BCUT2D eigenvalue weighted by atomic mass is 10.0. The molecule has 1 aliphatic rings. The molecule has 3 rings (SSSR count). The van der Waals surface area contributed by atoms with Crippen LogP contribution in [0.25, 0.3) is 0 Å². The van der Waals surface area contributed by atoms with E-state index < -0.39 is 9.84 Å². The van der Waals surface area contributed by atoms with Crippen LogP contribution in [0.15, 0.2) is 29.6 Å². The van der Waals surface area contributed by atoms with Crippen LogP contribution in [0.4, 0.5) is 0 Å². The first-order valence-electron chi connectivity index (χ1n) is 8.59. The Morgan fingerprint density at radius 1 is 1.26 bits per heavy atom. The minimum Gasteiger partial charge on any atom is -0.314 e. The SMILES string of the molecule is CCc1ccc(C2CNCCN2Cc2csc(CS(C)(=O)=O)n2)cc1.Cl.Cl. The third-order valence-electron chi connectivity index (χ3n) is 4.48. The van der Waals surface area contributed by atoms with E-state index in [0.717, 1.165) is 38.3 Å². The van der Waals surface area contributed by atoms with Crippen LogP contribution >= 0.6 is 36.2 Å². The summed E-state index contributed by atoms with van der Waals surface area (Å²) in [5, 5.41) is 6.14. The number of benzene rings is 1. The quantitative estimate of drug-likeness (QED) is 0.729. The number of sulfone groups is 1. The Labute approximate surface area is 178 Å². The highest BCUT2D eigenvalue weighted by Gasteiger charge is 2.24. The van der Waals surface area contributed by atoms with Gasteiger partial charge in [0.1, 0.15) is 10.8 Å². The molecule has 5 nitrogen and oxygen atoms in total. The molecule has 1 saturated heterocycles. The molecule has 2 heterocycles. The van der Waals surface area contributed by atoms with E-state index in [1.165, 1.54) is 28.7 Å². The van der Waals surface area contributed by atoms with Gasteiger partial charge in [-0.3, -0.25) is 4.90 Å². The van der Waals surface area contributed by atoms with E-state index in [-0.39, 0.29) is 30.6 Å². The van der Waals surface area contributed by atoms with E-state index in [1.807, 2.05) is 5.38 Å². The maximum absolute atomic E-state index is 11.4. The molecule has 0 radical (unpaired) electrons. The molecule has 1 fully saturated rings. The molecule has 1 atom stereocenters. The maximum Gasteiger partial charge on any atom is 0.153 e.